The van der Waals surface area contributed by atoms with E-state index < -0.39 is 15.4 Å². The molecule has 1 aliphatic heterocycles. The lowest BCUT2D eigenvalue weighted by Crippen LogP contribution is -2.50. The number of hydrogen-bond acceptors (Lipinski definition) is 4. The Hall–Kier alpha value is -1.35. The van der Waals surface area contributed by atoms with Crippen LogP contribution in [0.4, 0.5) is 0 Å². The summed E-state index contributed by atoms with van der Waals surface area (Å²) in [6.07, 6.45) is 1.77. The van der Waals surface area contributed by atoms with Crippen LogP contribution in [0.25, 0.3) is 0 Å². The average molecular weight is 547 g/mol. The molecule has 2 aromatic rings. The number of likely N-dealkylation sites (N-methyl/N-ethyl adjacent to an activating group) is 1. The topological polar surface area (TPSA) is 60.9 Å². The second-order valence-electron chi connectivity index (χ2n) is 8.97. The van der Waals surface area contributed by atoms with E-state index in [1.807, 2.05) is 37.3 Å². The van der Waals surface area contributed by atoms with Crippen LogP contribution in [0.15, 0.2) is 42.5 Å². The Morgan fingerprint density at radius 1 is 1.00 bits per heavy atom. The first kappa shape index (κ1) is 27.2. The van der Waals surface area contributed by atoms with Crippen molar-refractivity contribution in [3.8, 4) is 0 Å². The number of nitrogens with zero attached hydrogens (tertiary/aromatic N) is 3. The molecule has 34 heavy (non-hydrogen) atoms. The van der Waals surface area contributed by atoms with E-state index in [0.717, 1.165) is 11.1 Å². The largest absolute Gasteiger partial charge is 0.341 e. The van der Waals surface area contributed by atoms with Crippen molar-refractivity contribution in [2.24, 2.45) is 0 Å². The zero-order chi connectivity index (χ0) is 25.1. The molecule has 0 saturated carbocycles. The van der Waals surface area contributed by atoms with Crippen molar-refractivity contribution in [3.63, 3.8) is 0 Å². The van der Waals surface area contributed by atoms with Crippen LogP contribution < -0.4 is 0 Å². The Morgan fingerprint density at radius 3 is 2.24 bits per heavy atom. The highest BCUT2D eigenvalue weighted by Gasteiger charge is 2.38. The third kappa shape index (κ3) is 6.45. The van der Waals surface area contributed by atoms with E-state index in [1.165, 1.54) is 10.6 Å². The van der Waals surface area contributed by atoms with Crippen LogP contribution in [0.5, 0.6) is 0 Å². The molecule has 0 aliphatic carbocycles. The van der Waals surface area contributed by atoms with E-state index in [-0.39, 0.29) is 5.91 Å². The summed E-state index contributed by atoms with van der Waals surface area (Å²) in [7, 11) is -1.42. The monoisotopic (exact) mass is 545 g/mol. The minimum atomic E-state index is -3.19. The predicted octanol–water partition coefficient (Wildman–Crippen LogP) is 4.53. The van der Waals surface area contributed by atoms with Crippen molar-refractivity contribution in [2.45, 2.75) is 25.3 Å². The summed E-state index contributed by atoms with van der Waals surface area (Å²) in [5.41, 5.74) is 0.791. The molecule has 6 nitrogen and oxygen atoms in total. The van der Waals surface area contributed by atoms with Gasteiger partial charge < -0.3 is 9.80 Å². The molecule has 1 saturated heterocycles. The molecule has 1 fully saturated rings. The highest BCUT2D eigenvalue weighted by molar-refractivity contribution is 7.88. The van der Waals surface area contributed by atoms with Gasteiger partial charge in [0, 0.05) is 44.8 Å². The van der Waals surface area contributed by atoms with Crippen LogP contribution in [-0.4, -0.2) is 74.5 Å². The summed E-state index contributed by atoms with van der Waals surface area (Å²) in [6.45, 7) is 5.07. The van der Waals surface area contributed by atoms with Crippen molar-refractivity contribution >= 4 is 50.7 Å². The van der Waals surface area contributed by atoms with Gasteiger partial charge in [-0.25, -0.2) is 8.42 Å². The first-order valence-corrected chi connectivity index (χ1v) is 14.0. The lowest BCUT2D eigenvalue weighted by Gasteiger charge is -2.38. The molecule has 2 aromatic carbocycles. The summed E-state index contributed by atoms with van der Waals surface area (Å²) in [5.74, 6) is -0.0550. The van der Waals surface area contributed by atoms with Crippen LogP contribution in [0.3, 0.4) is 0 Å². The van der Waals surface area contributed by atoms with Gasteiger partial charge in [0.25, 0.3) is 0 Å². The summed E-state index contributed by atoms with van der Waals surface area (Å²) in [4.78, 5) is 17.7. The highest BCUT2D eigenvalue weighted by atomic mass is 35.5. The molecule has 10 heteroatoms. The molecule has 0 bridgehead atoms. The summed E-state index contributed by atoms with van der Waals surface area (Å²) in [6, 6.07) is 12.8. The number of benzene rings is 2. The minimum Gasteiger partial charge on any atom is -0.341 e. The van der Waals surface area contributed by atoms with E-state index in [2.05, 4.69) is 4.90 Å². The zero-order valence-corrected chi connectivity index (χ0v) is 22.7. The third-order valence-electron chi connectivity index (χ3n) is 6.47. The second-order valence-corrected chi connectivity index (χ2v) is 12.2. The fourth-order valence-electron chi connectivity index (χ4n) is 4.26. The van der Waals surface area contributed by atoms with Crippen LogP contribution in [-0.2, 0) is 26.8 Å². The number of halogens is 3. The molecule has 0 N–H and O–H groups in total. The van der Waals surface area contributed by atoms with Crippen LogP contribution in [0, 0.1) is 0 Å². The first-order chi connectivity index (χ1) is 15.9. The number of rotatable bonds is 8. The quantitative estimate of drug-likeness (QED) is 0.488. The Balaban J connectivity index is 1.80. The van der Waals surface area contributed by atoms with Crippen molar-refractivity contribution in [3.05, 3.63) is 68.7 Å². The Bertz CT molecular complexity index is 1140. The number of piperazine rings is 1. The maximum Gasteiger partial charge on any atom is 0.233 e. The fourth-order valence-corrected chi connectivity index (χ4v) is 5.58. The smallest absolute Gasteiger partial charge is 0.233 e. The highest BCUT2D eigenvalue weighted by Crippen LogP contribution is 2.35. The standard InChI is InChI=1S/C24H30Cl3N3O3S/c1-24(19-8-9-21(26)22(27)16-19,10-11-29-12-14-30(15-13-29)34(3,32)33)23(31)28(2)17-18-6-4-5-7-20(18)25/h4-9,16H,10-15,17H2,1-3H3. The summed E-state index contributed by atoms with van der Waals surface area (Å²) >= 11 is 18.8. The molecule has 0 radical (unpaired) electrons. The van der Waals surface area contributed by atoms with E-state index in [0.29, 0.717) is 60.8 Å². The van der Waals surface area contributed by atoms with Crippen molar-refractivity contribution in [2.75, 3.05) is 46.0 Å². The van der Waals surface area contributed by atoms with Crippen LogP contribution in [0.1, 0.15) is 24.5 Å². The van der Waals surface area contributed by atoms with Gasteiger partial charge >= 0.3 is 0 Å². The number of carbonyl (C=O) groups excluding carboxylic acids is 1. The SMILES string of the molecule is CN(Cc1ccccc1Cl)C(=O)C(C)(CCN1CCN(S(C)(=O)=O)CC1)c1ccc(Cl)c(Cl)c1. The zero-order valence-electron chi connectivity index (χ0n) is 19.6. The van der Waals surface area contributed by atoms with Gasteiger partial charge in [-0.2, -0.15) is 4.31 Å². The number of amides is 1. The molecule has 1 amide bonds. The van der Waals surface area contributed by atoms with Gasteiger partial charge in [0.1, 0.15) is 0 Å². The van der Waals surface area contributed by atoms with Gasteiger partial charge in [0.15, 0.2) is 0 Å². The van der Waals surface area contributed by atoms with Gasteiger partial charge in [-0.3, -0.25) is 4.79 Å². The molecule has 3 rings (SSSR count). The van der Waals surface area contributed by atoms with Crippen molar-refractivity contribution in [1.29, 1.82) is 0 Å². The average Bonchev–Trinajstić information content (AvgIpc) is 2.80. The number of hydrogen-bond donors (Lipinski definition) is 0. The Labute approximate surface area is 217 Å². The molecule has 186 valence electrons. The van der Waals surface area contributed by atoms with Gasteiger partial charge in [-0.05, 0) is 49.2 Å². The molecular formula is C24H30Cl3N3O3S. The number of carbonyl (C=O) groups is 1. The second kappa shape index (κ2) is 11.1. The normalized spacial score (nSPS) is 17.4. The van der Waals surface area contributed by atoms with Crippen molar-refractivity contribution in [1.82, 2.24) is 14.1 Å². The van der Waals surface area contributed by atoms with Crippen LogP contribution >= 0.6 is 34.8 Å². The Kier molecular flexibility index (Phi) is 8.93. The minimum absolute atomic E-state index is 0.0550. The van der Waals surface area contributed by atoms with E-state index in [4.69, 9.17) is 34.8 Å². The van der Waals surface area contributed by atoms with E-state index in [1.54, 1.807) is 24.1 Å². The first-order valence-electron chi connectivity index (χ1n) is 11.0. The summed E-state index contributed by atoms with van der Waals surface area (Å²) in [5, 5.41) is 1.44. The Morgan fingerprint density at radius 2 is 1.65 bits per heavy atom. The molecular weight excluding hydrogens is 517 g/mol. The molecule has 0 spiro atoms. The maximum atomic E-state index is 13.8. The van der Waals surface area contributed by atoms with Gasteiger partial charge in [-0.15, -0.1) is 0 Å². The maximum absolute atomic E-state index is 13.8. The predicted molar refractivity (Wildman–Crippen MR) is 139 cm³/mol. The fraction of sp³-hybridized carbons (Fsp3) is 0.458. The van der Waals surface area contributed by atoms with Gasteiger partial charge in [0.2, 0.25) is 15.9 Å². The van der Waals surface area contributed by atoms with Crippen LogP contribution in [0.2, 0.25) is 15.1 Å². The van der Waals surface area contributed by atoms with Gasteiger partial charge in [0.05, 0.1) is 21.7 Å². The molecule has 1 heterocycles. The molecule has 1 atom stereocenters. The van der Waals surface area contributed by atoms with Crippen molar-refractivity contribution < 1.29 is 13.2 Å². The molecule has 0 aromatic heterocycles. The summed E-state index contributed by atoms with van der Waals surface area (Å²) < 4.78 is 25.1. The molecule has 1 unspecified atom stereocenters. The van der Waals surface area contributed by atoms with E-state index >= 15 is 0 Å². The lowest BCUT2D eigenvalue weighted by molar-refractivity contribution is -0.136. The van der Waals surface area contributed by atoms with E-state index in [9.17, 15) is 13.2 Å². The van der Waals surface area contributed by atoms with Gasteiger partial charge in [-0.1, -0.05) is 59.1 Å². The lowest BCUT2D eigenvalue weighted by atomic mass is 9.77. The number of sulfonamides is 1. The molecule has 1 aliphatic rings. The third-order valence-corrected chi connectivity index (χ3v) is 8.88.